The zero-order valence-corrected chi connectivity index (χ0v) is 15.6. The number of rotatable bonds is 8. The van der Waals surface area contributed by atoms with Crippen LogP contribution >= 0.6 is 0 Å². The zero-order valence-electron chi connectivity index (χ0n) is 15.6. The van der Waals surface area contributed by atoms with Crippen LogP contribution in [0.3, 0.4) is 0 Å². The average Bonchev–Trinajstić information content (AvgIpc) is 2.70. The van der Waals surface area contributed by atoms with E-state index in [9.17, 15) is 8.78 Å². The SMILES string of the molecule is COCCCCCc1cccc(-c2ccccc2-c2cccc(F)c2F)c1. The number of benzene rings is 3. The predicted octanol–water partition coefficient (Wildman–Crippen LogP) is 6.66. The molecule has 0 aliphatic rings. The summed E-state index contributed by atoms with van der Waals surface area (Å²) in [4.78, 5) is 0. The number of hydrogen-bond acceptors (Lipinski definition) is 1. The summed E-state index contributed by atoms with van der Waals surface area (Å²) in [5.41, 5.74) is 4.16. The van der Waals surface area contributed by atoms with Gasteiger partial charge in [-0.15, -0.1) is 0 Å². The van der Waals surface area contributed by atoms with E-state index in [0.29, 0.717) is 5.56 Å². The molecule has 3 heteroatoms. The van der Waals surface area contributed by atoms with Gasteiger partial charge in [0.15, 0.2) is 11.6 Å². The van der Waals surface area contributed by atoms with E-state index in [-0.39, 0.29) is 5.56 Å². The third-order valence-corrected chi connectivity index (χ3v) is 4.72. The topological polar surface area (TPSA) is 9.23 Å². The standard InChI is InChI=1S/C24H24F2O/c1-27-16-6-2-3-9-18-10-7-11-19(17-18)20-12-4-5-13-21(20)22-14-8-15-23(25)24(22)26/h4-5,7-8,10-15,17H,2-3,6,9,16H2,1H3. The first kappa shape index (κ1) is 19.2. The third-order valence-electron chi connectivity index (χ3n) is 4.72. The second-order valence-electron chi connectivity index (χ2n) is 6.65. The molecule has 0 aliphatic heterocycles. The lowest BCUT2D eigenvalue weighted by Gasteiger charge is -2.12. The van der Waals surface area contributed by atoms with Gasteiger partial charge in [-0.2, -0.15) is 0 Å². The molecular formula is C24H24F2O. The summed E-state index contributed by atoms with van der Waals surface area (Å²) >= 11 is 0. The number of hydrogen-bond donors (Lipinski definition) is 0. The van der Waals surface area contributed by atoms with E-state index < -0.39 is 11.6 Å². The smallest absolute Gasteiger partial charge is 0.166 e. The summed E-state index contributed by atoms with van der Waals surface area (Å²) < 4.78 is 33.1. The molecule has 0 unspecified atom stereocenters. The van der Waals surface area contributed by atoms with Crippen molar-refractivity contribution in [2.45, 2.75) is 25.7 Å². The highest BCUT2D eigenvalue weighted by Gasteiger charge is 2.14. The van der Waals surface area contributed by atoms with Crippen molar-refractivity contribution >= 4 is 0 Å². The summed E-state index contributed by atoms with van der Waals surface area (Å²) in [5.74, 6) is -1.63. The van der Waals surface area contributed by atoms with Crippen LogP contribution in [0.4, 0.5) is 8.78 Å². The second kappa shape index (κ2) is 9.43. The fourth-order valence-corrected chi connectivity index (χ4v) is 3.33. The first-order valence-corrected chi connectivity index (χ1v) is 9.32. The monoisotopic (exact) mass is 366 g/mol. The Hall–Kier alpha value is -2.52. The van der Waals surface area contributed by atoms with Crippen LogP contribution in [0.5, 0.6) is 0 Å². The van der Waals surface area contributed by atoms with Crippen LogP contribution in [0.25, 0.3) is 22.3 Å². The van der Waals surface area contributed by atoms with E-state index in [1.165, 1.54) is 5.56 Å². The molecule has 3 rings (SSSR count). The highest BCUT2D eigenvalue weighted by Crippen LogP contribution is 2.34. The molecule has 0 atom stereocenters. The maximum Gasteiger partial charge on any atom is 0.166 e. The van der Waals surface area contributed by atoms with Crippen molar-refractivity contribution in [1.29, 1.82) is 0 Å². The van der Waals surface area contributed by atoms with Gasteiger partial charge in [0.25, 0.3) is 0 Å². The largest absolute Gasteiger partial charge is 0.385 e. The Bertz CT molecular complexity index is 889. The summed E-state index contributed by atoms with van der Waals surface area (Å²) in [5, 5.41) is 0. The van der Waals surface area contributed by atoms with Crippen molar-refractivity contribution < 1.29 is 13.5 Å². The molecule has 0 radical (unpaired) electrons. The molecule has 1 nitrogen and oxygen atoms in total. The molecule has 0 amide bonds. The molecule has 0 fully saturated rings. The molecule has 0 N–H and O–H groups in total. The van der Waals surface area contributed by atoms with Crippen LogP contribution in [0.1, 0.15) is 24.8 Å². The van der Waals surface area contributed by atoms with Gasteiger partial charge in [-0.25, -0.2) is 8.78 Å². The Morgan fingerprint density at radius 2 is 1.48 bits per heavy atom. The molecule has 3 aromatic rings. The first-order valence-electron chi connectivity index (χ1n) is 9.32. The van der Waals surface area contributed by atoms with E-state index in [1.54, 1.807) is 19.2 Å². The minimum Gasteiger partial charge on any atom is -0.385 e. The van der Waals surface area contributed by atoms with Gasteiger partial charge in [-0.05, 0) is 47.6 Å². The fraction of sp³-hybridized carbons (Fsp3) is 0.250. The maximum atomic E-state index is 14.3. The van der Waals surface area contributed by atoms with Crippen molar-refractivity contribution in [3.63, 3.8) is 0 Å². The van der Waals surface area contributed by atoms with Gasteiger partial charge in [-0.3, -0.25) is 0 Å². The number of aryl methyl sites for hydroxylation is 1. The van der Waals surface area contributed by atoms with E-state index in [1.807, 2.05) is 36.4 Å². The summed E-state index contributed by atoms with van der Waals surface area (Å²) in [6.07, 6.45) is 4.29. The number of ether oxygens (including phenoxy) is 1. The molecule has 0 saturated heterocycles. The van der Waals surface area contributed by atoms with Crippen LogP contribution in [0, 0.1) is 11.6 Å². The Kier molecular flexibility index (Phi) is 6.72. The molecule has 0 aromatic heterocycles. The molecule has 140 valence electrons. The van der Waals surface area contributed by atoms with Gasteiger partial charge in [-0.1, -0.05) is 67.1 Å². The predicted molar refractivity (Wildman–Crippen MR) is 107 cm³/mol. The molecule has 0 saturated carbocycles. The Morgan fingerprint density at radius 1 is 0.741 bits per heavy atom. The molecule has 0 heterocycles. The molecular weight excluding hydrogens is 342 g/mol. The fourth-order valence-electron chi connectivity index (χ4n) is 3.33. The molecule has 3 aromatic carbocycles. The van der Waals surface area contributed by atoms with Gasteiger partial charge in [0.05, 0.1) is 0 Å². The Balaban J connectivity index is 1.87. The Morgan fingerprint density at radius 3 is 2.30 bits per heavy atom. The van der Waals surface area contributed by atoms with Gasteiger partial charge < -0.3 is 4.74 Å². The van der Waals surface area contributed by atoms with E-state index in [0.717, 1.165) is 49.5 Å². The van der Waals surface area contributed by atoms with Crippen molar-refractivity contribution in [3.05, 3.63) is 83.9 Å². The minimum absolute atomic E-state index is 0.288. The van der Waals surface area contributed by atoms with Crippen LogP contribution in [-0.4, -0.2) is 13.7 Å². The van der Waals surface area contributed by atoms with Crippen LogP contribution < -0.4 is 0 Å². The second-order valence-corrected chi connectivity index (χ2v) is 6.65. The van der Waals surface area contributed by atoms with Gasteiger partial charge in [0, 0.05) is 19.3 Å². The highest BCUT2D eigenvalue weighted by molar-refractivity contribution is 5.83. The van der Waals surface area contributed by atoms with Crippen LogP contribution in [0.2, 0.25) is 0 Å². The van der Waals surface area contributed by atoms with Gasteiger partial charge >= 0.3 is 0 Å². The van der Waals surface area contributed by atoms with Gasteiger partial charge in [0.2, 0.25) is 0 Å². The van der Waals surface area contributed by atoms with Crippen LogP contribution in [0.15, 0.2) is 66.7 Å². The number of unbranched alkanes of at least 4 members (excludes halogenated alkanes) is 2. The van der Waals surface area contributed by atoms with E-state index in [4.69, 9.17) is 4.74 Å². The van der Waals surface area contributed by atoms with Crippen molar-refractivity contribution in [2.24, 2.45) is 0 Å². The molecule has 0 bridgehead atoms. The number of halogens is 2. The lowest BCUT2D eigenvalue weighted by molar-refractivity contribution is 0.192. The summed E-state index contributed by atoms with van der Waals surface area (Å²) in [7, 11) is 1.72. The lowest BCUT2D eigenvalue weighted by Crippen LogP contribution is -1.93. The average molecular weight is 366 g/mol. The van der Waals surface area contributed by atoms with Gasteiger partial charge in [0.1, 0.15) is 0 Å². The van der Waals surface area contributed by atoms with Crippen molar-refractivity contribution in [3.8, 4) is 22.3 Å². The minimum atomic E-state index is -0.827. The maximum absolute atomic E-state index is 14.3. The van der Waals surface area contributed by atoms with E-state index in [2.05, 4.69) is 12.1 Å². The van der Waals surface area contributed by atoms with E-state index >= 15 is 0 Å². The zero-order chi connectivity index (χ0) is 19.1. The highest BCUT2D eigenvalue weighted by atomic mass is 19.2. The third kappa shape index (κ3) is 4.81. The summed E-state index contributed by atoms with van der Waals surface area (Å²) in [6, 6.07) is 20.2. The molecule has 0 aliphatic carbocycles. The molecule has 0 spiro atoms. The first-order chi connectivity index (χ1) is 13.2. The van der Waals surface area contributed by atoms with Crippen molar-refractivity contribution in [1.82, 2.24) is 0 Å². The quantitative estimate of drug-likeness (QED) is 0.405. The lowest BCUT2D eigenvalue weighted by atomic mass is 9.92. The van der Waals surface area contributed by atoms with Crippen LogP contribution in [-0.2, 0) is 11.2 Å². The molecule has 27 heavy (non-hydrogen) atoms. The number of methoxy groups -OCH3 is 1. The normalized spacial score (nSPS) is 10.9. The Labute approximate surface area is 159 Å². The summed E-state index contributed by atoms with van der Waals surface area (Å²) in [6.45, 7) is 0.798. The van der Waals surface area contributed by atoms with Crippen molar-refractivity contribution in [2.75, 3.05) is 13.7 Å².